The number of benzene rings is 3. The minimum Gasteiger partial charge on any atom is -0.268 e. The van der Waals surface area contributed by atoms with Crippen molar-refractivity contribution in [2.45, 2.75) is 0 Å². The molecule has 2 heterocycles. The van der Waals surface area contributed by atoms with Gasteiger partial charge < -0.3 is 0 Å². The molecule has 0 bridgehead atoms. The van der Waals surface area contributed by atoms with E-state index in [1.165, 1.54) is 4.57 Å². The monoisotopic (exact) mass is 510 g/mol. The van der Waals surface area contributed by atoms with Gasteiger partial charge in [0.2, 0.25) is 0 Å². The van der Waals surface area contributed by atoms with Crippen LogP contribution in [0, 0.1) is 0 Å². The fraction of sp³-hybridized carbons (Fsp3) is 0. The van der Waals surface area contributed by atoms with Crippen LogP contribution in [-0.2, 0) is 0 Å². The van der Waals surface area contributed by atoms with Gasteiger partial charge in [0.05, 0.1) is 16.4 Å². The Labute approximate surface area is 195 Å². The van der Waals surface area contributed by atoms with Crippen LogP contribution < -0.4 is 5.56 Å². The molecule has 0 aliphatic rings. The summed E-state index contributed by atoms with van der Waals surface area (Å²) in [5.41, 5.74) is 2.18. The van der Waals surface area contributed by atoms with Gasteiger partial charge in [0.15, 0.2) is 11.5 Å². The Balaban J connectivity index is 1.83. The first-order chi connectivity index (χ1) is 15.0. The van der Waals surface area contributed by atoms with Crippen molar-refractivity contribution in [1.29, 1.82) is 0 Å². The third kappa shape index (κ3) is 3.67. The van der Waals surface area contributed by atoms with Crippen LogP contribution in [0.3, 0.4) is 0 Å². The standard InChI is InChI=1S/C23H13BrCl2N4O/c24-14-6-11-18(20(26)12-14)22-27-21-19(13-29(28-21)16-4-2-1-3-5-16)23(31)30(22)17-9-7-15(25)8-10-17/h1-13H. The second kappa shape index (κ2) is 7.96. The van der Waals surface area contributed by atoms with Crippen LogP contribution in [0.15, 0.2) is 88.3 Å². The fourth-order valence-electron chi connectivity index (χ4n) is 3.36. The van der Waals surface area contributed by atoms with Crippen LogP contribution >= 0.6 is 39.1 Å². The molecule has 0 radical (unpaired) electrons. The molecule has 5 aromatic rings. The highest BCUT2D eigenvalue weighted by Crippen LogP contribution is 2.31. The lowest BCUT2D eigenvalue weighted by atomic mass is 10.2. The first-order valence-corrected chi connectivity index (χ1v) is 10.9. The highest BCUT2D eigenvalue weighted by Gasteiger charge is 2.19. The summed E-state index contributed by atoms with van der Waals surface area (Å²) in [6.07, 6.45) is 1.69. The van der Waals surface area contributed by atoms with E-state index in [1.807, 2.05) is 42.5 Å². The first-order valence-electron chi connectivity index (χ1n) is 9.30. The predicted molar refractivity (Wildman–Crippen MR) is 128 cm³/mol. The molecule has 0 aliphatic heterocycles. The zero-order chi connectivity index (χ0) is 21.5. The van der Waals surface area contributed by atoms with Gasteiger partial charge in [-0.1, -0.05) is 57.3 Å². The summed E-state index contributed by atoms with van der Waals surface area (Å²) >= 11 is 16.0. The summed E-state index contributed by atoms with van der Waals surface area (Å²) in [5.74, 6) is 0.399. The van der Waals surface area contributed by atoms with Gasteiger partial charge in [-0.15, -0.1) is 5.10 Å². The van der Waals surface area contributed by atoms with Crippen molar-refractivity contribution >= 4 is 50.2 Å². The summed E-state index contributed by atoms with van der Waals surface area (Å²) in [4.78, 5) is 18.4. The summed E-state index contributed by atoms with van der Waals surface area (Å²) in [7, 11) is 0. The molecule has 2 aromatic heterocycles. The van der Waals surface area contributed by atoms with Gasteiger partial charge in [-0.2, -0.15) is 0 Å². The highest BCUT2D eigenvalue weighted by atomic mass is 79.9. The number of aromatic nitrogens is 4. The summed E-state index contributed by atoms with van der Waals surface area (Å²) in [5, 5.41) is 5.98. The van der Waals surface area contributed by atoms with Crippen molar-refractivity contribution in [2.24, 2.45) is 0 Å². The van der Waals surface area contributed by atoms with E-state index in [1.54, 1.807) is 41.2 Å². The molecular weight excluding hydrogens is 499 g/mol. The normalized spacial score (nSPS) is 11.2. The second-order valence-electron chi connectivity index (χ2n) is 6.82. The van der Waals surface area contributed by atoms with Crippen LogP contribution in [0.4, 0.5) is 0 Å². The van der Waals surface area contributed by atoms with E-state index in [0.29, 0.717) is 38.2 Å². The Morgan fingerprint density at radius 3 is 2.32 bits per heavy atom. The van der Waals surface area contributed by atoms with Gasteiger partial charge in [0, 0.05) is 21.3 Å². The van der Waals surface area contributed by atoms with Crippen LogP contribution in [0.1, 0.15) is 0 Å². The molecule has 5 rings (SSSR count). The minimum absolute atomic E-state index is 0.247. The molecular formula is C23H13BrCl2N4O. The average Bonchev–Trinajstić information content (AvgIpc) is 3.20. The molecule has 3 aromatic carbocycles. The molecule has 5 nitrogen and oxygen atoms in total. The van der Waals surface area contributed by atoms with Gasteiger partial charge >= 0.3 is 0 Å². The maximum absolute atomic E-state index is 13.6. The van der Waals surface area contributed by atoms with Crippen molar-refractivity contribution in [3.05, 3.63) is 104 Å². The quantitative estimate of drug-likeness (QED) is 0.285. The number of hydrogen-bond acceptors (Lipinski definition) is 3. The van der Waals surface area contributed by atoms with Crippen LogP contribution in [0.2, 0.25) is 10.0 Å². The van der Waals surface area contributed by atoms with E-state index in [4.69, 9.17) is 28.2 Å². The zero-order valence-corrected chi connectivity index (χ0v) is 18.9. The number of nitrogens with zero attached hydrogens (tertiary/aromatic N) is 4. The Bertz CT molecular complexity index is 1480. The van der Waals surface area contributed by atoms with Crippen molar-refractivity contribution in [1.82, 2.24) is 19.3 Å². The molecule has 0 saturated heterocycles. The maximum atomic E-state index is 13.6. The maximum Gasteiger partial charge on any atom is 0.269 e. The van der Waals surface area contributed by atoms with E-state index < -0.39 is 0 Å². The highest BCUT2D eigenvalue weighted by molar-refractivity contribution is 9.10. The number of rotatable bonds is 3. The van der Waals surface area contributed by atoms with Crippen molar-refractivity contribution in [2.75, 3.05) is 0 Å². The molecule has 0 N–H and O–H groups in total. The molecule has 0 unspecified atom stereocenters. The van der Waals surface area contributed by atoms with Gasteiger partial charge in [-0.05, 0) is 54.6 Å². The average molecular weight is 512 g/mol. The number of hydrogen-bond donors (Lipinski definition) is 0. The lowest BCUT2D eigenvalue weighted by molar-refractivity contribution is 0.888. The van der Waals surface area contributed by atoms with E-state index in [9.17, 15) is 4.79 Å². The zero-order valence-electron chi connectivity index (χ0n) is 15.8. The van der Waals surface area contributed by atoms with Crippen LogP contribution in [-0.4, -0.2) is 19.3 Å². The minimum atomic E-state index is -0.247. The molecule has 0 aliphatic carbocycles. The molecule has 0 fully saturated rings. The Morgan fingerprint density at radius 1 is 0.871 bits per heavy atom. The van der Waals surface area contributed by atoms with Crippen LogP contribution in [0.5, 0.6) is 0 Å². The van der Waals surface area contributed by atoms with E-state index >= 15 is 0 Å². The van der Waals surface area contributed by atoms with Crippen molar-refractivity contribution in [3.8, 4) is 22.8 Å². The SMILES string of the molecule is O=c1c2cn(-c3ccccc3)nc2nc(-c2ccc(Br)cc2Cl)n1-c1ccc(Cl)cc1. The summed E-state index contributed by atoms with van der Waals surface area (Å²) in [6.45, 7) is 0. The first kappa shape index (κ1) is 20.0. The molecule has 8 heteroatoms. The Morgan fingerprint density at radius 2 is 1.61 bits per heavy atom. The molecule has 0 amide bonds. The Kier molecular flexibility index (Phi) is 5.14. The van der Waals surface area contributed by atoms with Gasteiger partial charge in [-0.3, -0.25) is 9.36 Å². The molecule has 0 saturated carbocycles. The summed E-state index contributed by atoms with van der Waals surface area (Å²) < 4.78 is 4.01. The van der Waals surface area contributed by atoms with Gasteiger partial charge in [0.25, 0.3) is 5.56 Å². The number of halogens is 3. The van der Waals surface area contributed by atoms with Gasteiger partial charge in [-0.25, -0.2) is 9.67 Å². The molecule has 152 valence electrons. The molecule has 31 heavy (non-hydrogen) atoms. The summed E-state index contributed by atoms with van der Waals surface area (Å²) in [6, 6.07) is 22.0. The molecule has 0 spiro atoms. The fourth-order valence-corrected chi connectivity index (χ4v) is 4.24. The van der Waals surface area contributed by atoms with E-state index in [2.05, 4.69) is 21.0 Å². The smallest absolute Gasteiger partial charge is 0.268 e. The second-order valence-corrected chi connectivity index (χ2v) is 8.58. The Hall–Kier alpha value is -2.93. The third-order valence-electron chi connectivity index (χ3n) is 4.83. The van der Waals surface area contributed by atoms with E-state index in [0.717, 1.165) is 10.2 Å². The predicted octanol–water partition coefficient (Wildman–Crippen LogP) is 6.31. The van der Waals surface area contributed by atoms with Crippen molar-refractivity contribution < 1.29 is 0 Å². The van der Waals surface area contributed by atoms with Gasteiger partial charge in [0.1, 0.15) is 5.39 Å². The van der Waals surface area contributed by atoms with E-state index in [-0.39, 0.29) is 5.56 Å². The molecule has 0 atom stereocenters. The lowest BCUT2D eigenvalue weighted by Gasteiger charge is -2.13. The van der Waals surface area contributed by atoms with Crippen LogP contribution in [0.25, 0.3) is 33.8 Å². The number of fused-ring (bicyclic) bond motifs is 1. The number of para-hydroxylation sites is 1. The lowest BCUT2D eigenvalue weighted by Crippen LogP contribution is -2.21. The largest absolute Gasteiger partial charge is 0.269 e. The van der Waals surface area contributed by atoms with Crippen molar-refractivity contribution in [3.63, 3.8) is 0 Å². The topological polar surface area (TPSA) is 52.7 Å². The third-order valence-corrected chi connectivity index (χ3v) is 5.89.